The number of aromatic carboxylic acids is 1. The summed E-state index contributed by atoms with van der Waals surface area (Å²) >= 11 is 0. The number of aromatic nitrogens is 3. The molecule has 7 heteroatoms. The van der Waals surface area contributed by atoms with Crippen LogP contribution in [0.4, 0.5) is 8.78 Å². The Morgan fingerprint density at radius 1 is 1.33 bits per heavy atom. The number of hydrogen-bond donors (Lipinski definition) is 1. The van der Waals surface area contributed by atoms with Crippen molar-refractivity contribution in [2.24, 2.45) is 13.0 Å². The van der Waals surface area contributed by atoms with Crippen molar-refractivity contribution in [1.82, 2.24) is 14.8 Å². The molecule has 0 amide bonds. The van der Waals surface area contributed by atoms with E-state index >= 15 is 0 Å². The lowest BCUT2D eigenvalue weighted by Crippen LogP contribution is -2.05. The molecule has 0 aliphatic rings. The fraction of sp³-hybridized carbons (Fsp3) is 0.357. The minimum absolute atomic E-state index is 0.00593. The second-order valence-corrected chi connectivity index (χ2v) is 5.19. The first-order valence-electron chi connectivity index (χ1n) is 6.42. The third-order valence-electron chi connectivity index (χ3n) is 2.93. The van der Waals surface area contributed by atoms with Crippen molar-refractivity contribution in [3.8, 4) is 11.4 Å². The molecule has 5 nitrogen and oxygen atoms in total. The highest BCUT2D eigenvalue weighted by Crippen LogP contribution is 2.25. The second kappa shape index (κ2) is 5.59. The molecular formula is C14H15F2N3O2. The molecule has 0 unspecified atom stereocenters. The molecule has 1 aromatic carbocycles. The number of aryl methyl sites for hydroxylation is 1. The van der Waals surface area contributed by atoms with E-state index in [1.807, 2.05) is 13.8 Å². The van der Waals surface area contributed by atoms with E-state index in [1.165, 1.54) is 4.68 Å². The lowest BCUT2D eigenvalue weighted by atomic mass is 10.1. The normalized spacial score (nSPS) is 11.1. The van der Waals surface area contributed by atoms with Gasteiger partial charge in [0.1, 0.15) is 0 Å². The van der Waals surface area contributed by atoms with Gasteiger partial charge in [-0.3, -0.25) is 0 Å². The van der Waals surface area contributed by atoms with E-state index < -0.39 is 17.6 Å². The topological polar surface area (TPSA) is 68.0 Å². The lowest BCUT2D eigenvalue weighted by Gasteiger charge is -2.06. The predicted molar refractivity (Wildman–Crippen MR) is 71.9 cm³/mol. The van der Waals surface area contributed by atoms with Crippen LogP contribution in [0.1, 0.15) is 30.0 Å². The van der Waals surface area contributed by atoms with Gasteiger partial charge >= 0.3 is 5.97 Å². The van der Waals surface area contributed by atoms with Crippen LogP contribution < -0.4 is 0 Å². The van der Waals surface area contributed by atoms with Crippen molar-refractivity contribution in [3.63, 3.8) is 0 Å². The predicted octanol–water partition coefficient (Wildman–Crippen LogP) is 2.66. The Bertz CT molecular complexity index is 696. The SMILES string of the molecule is CC(C)Cc1nc(-c2cc(F)c(F)cc2C(=O)O)n(C)n1. The Morgan fingerprint density at radius 3 is 2.52 bits per heavy atom. The quantitative estimate of drug-likeness (QED) is 0.941. The van der Waals surface area contributed by atoms with Gasteiger partial charge in [0.05, 0.1) is 5.56 Å². The van der Waals surface area contributed by atoms with E-state index in [1.54, 1.807) is 7.05 Å². The first-order valence-corrected chi connectivity index (χ1v) is 6.42. The maximum atomic E-state index is 13.4. The molecule has 0 bridgehead atoms. The number of benzene rings is 1. The molecule has 1 heterocycles. The molecule has 0 aliphatic carbocycles. The van der Waals surface area contributed by atoms with Crippen LogP contribution in [0.5, 0.6) is 0 Å². The van der Waals surface area contributed by atoms with Crippen LogP contribution in [0, 0.1) is 17.6 Å². The molecule has 1 N–H and O–H groups in total. The zero-order valence-electron chi connectivity index (χ0n) is 11.9. The minimum atomic E-state index is -1.35. The van der Waals surface area contributed by atoms with E-state index in [9.17, 15) is 13.6 Å². The van der Waals surface area contributed by atoms with Gasteiger partial charge < -0.3 is 5.11 Å². The van der Waals surface area contributed by atoms with Gasteiger partial charge in [-0.2, -0.15) is 5.10 Å². The number of carboxylic acids is 1. The molecule has 2 aromatic rings. The molecule has 112 valence electrons. The summed E-state index contributed by atoms with van der Waals surface area (Å²) in [6.07, 6.45) is 0.611. The monoisotopic (exact) mass is 295 g/mol. The summed E-state index contributed by atoms with van der Waals surface area (Å²) in [5.74, 6) is -2.63. The Morgan fingerprint density at radius 2 is 1.95 bits per heavy atom. The van der Waals surface area contributed by atoms with Gasteiger partial charge in [0.15, 0.2) is 23.3 Å². The molecule has 0 atom stereocenters. The Labute approximate surface area is 120 Å². The van der Waals surface area contributed by atoms with E-state index in [4.69, 9.17) is 5.11 Å². The molecule has 2 rings (SSSR count). The Hall–Kier alpha value is -2.31. The van der Waals surface area contributed by atoms with E-state index in [0.717, 1.165) is 6.07 Å². The van der Waals surface area contributed by atoms with Crippen LogP contribution in [-0.2, 0) is 13.5 Å². The van der Waals surface area contributed by atoms with Crippen LogP contribution in [0.2, 0.25) is 0 Å². The molecular weight excluding hydrogens is 280 g/mol. The fourth-order valence-corrected chi connectivity index (χ4v) is 2.03. The summed E-state index contributed by atoms with van der Waals surface area (Å²) in [4.78, 5) is 15.4. The highest BCUT2D eigenvalue weighted by atomic mass is 19.2. The van der Waals surface area contributed by atoms with Gasteiger partial charge in [0.25, 0.3) is 0 Å². The van der Waals surface area contributed by atoms with Gasteiger partial charge in [-0.15, -0.1) is 0 Å². The summed E-state index contributed by atoms with van der Waals surface area (Å²) in [5, 5.41) is 13.3. The van der Waals surface area contributed by atoms with Crippen LogP contribution in [-0.4, -0.2) is 25.8 Å². The number of nitrogens with zero attached hydrogens (tertiary/aromatic N) is 3. The molecule has 1 aromatic heterocycles. The zero-order valence-corrected chi connectivity index (χ0v) is 11.9. The third kappa shape index (κ3) is 3.07. The fourth-order valence-electron chi connectivity index (χ4n) is 2.03. The molecule has 0 aliphatic heterocycles. The van der Waals surface area contributed by atoms with E-state index in [2.05, 4.69) is 10.1 Å². The number of carbonyl (C=O) groups is 1. The lowest BCUT2D eigenvalue weighted by molar-refractivity contribution is 0.0697. The highest BCUT2D eigenvalue weighted by Gasteiger charge is 2.21. The van der Waals surface area contributed by atoms with Gasteiger partial charge in [-0.1, -0.05) is 13.8 Å². The van der Waals surface area contributed by atoms with E-state index in [-0.39, 0.29) is 17.0 Å². The molecule has 0 saturated carbocycles. The van der Waals surface area contributed by atoms with Crippen molar-refractivity contribution < 1.29 is 18.7 Å². The molecule has 0 saturated heterocycles. The van der Waals surface area contributed by atoms with Crippen molar-refractivity contribution >= 4 is 5.97 Å². The maximum Gasteiger partial charge on any atom is 0.336 e. The minimum Gasteiger partial charge on any atom is -0.478 e. The molecule has 0 spiro atoms. The van der Waals surface area contributed by atoms with Gasteiger partial charge in [-0.05, 0) is 18.1 Å². The average molecular weight is 295 g/mol. The summed E-state index contributed by atoms with van der Waals surface area (Å²) in [5.41, 5.74) is -0.341. The van der Waals surface area contributed by atoms with Crippen LogP contribution >= 0.6 is 0 Å². The molecule has 0 radical (unpaired) electrons. The first-order chi connectivity index (χ1) is 9.79. The summed E-state index contributed by atoms with van der Waals surface area (Å²) in [6, 6.07) is 1.49. The number of carboxylic acid groups (broad SMARTS) is 1. The zero-order chi connectivity index (χ0) is 15.7. The van der Waals surface area contributed by atoms with Crippen molar-refractivity contribution in [1.29, 1.82) is 0 Å². The molecule has 0 fully saturated rings. The number of hydrogen-bond acceptors (Lipinski definition) is 3. The molecule has 21 heavy (non-hydrogen) atoms. The summed E-state index contributed by atoms with van der Waals surface area (Å²) < 4.78 is 28.0. The van der Waals surface area contributed by atoms with Crippen molar-refractivity contribution in [2.75, 3.05) is 0 Å². The summed E-state index contributed by atoms with van der Waals surface area (Å²) in [6.45, 7) is 3.99. The first kappa shape index (κ1) is 15.1. The third-order valence-corrected chi connectivity index (χ3v) is 2.93. The van der Waals surface area contributed by atoms with Crippen molar-refractivity contribution in [3.05, 3.63) is 35.2 Å². The van der Waals surface area contributed by atoms with E-state index in [0.29, 0.717) is 24.2 Å². The summed E-state index contributed by atoms with van der Waals surface area (Å²) in [7, 11) is 1.58. The number of halogens is 2. The van der Waals surface area contributed by atoms with Gasteiger partial charge in [-0.25, -0.2) is 23.2 Å². The van der Waals surface area contributed by atoms with Gasteiger partial charge in [0, 0.05) is 19.0 Å². The Balaban J connectivity index is 2.58. The van der Waals surface area contributed by atoms with Gasteiger partial charge in [0.2, 0.25) is 0 Å². The maximum absolute atomic E-state index is 13.4. The van der Waals surface area contributed by atoms with Crippen LogP contribution in [0.25, 0.3) is 11.4 Å². The van der Waals surface area contributed by atoms with Crippen molar-refractivity contribution in [2.45, 2.75) is 20.3 Å². The van der Waals surface area contributed by atoms with Crippen LogP contribution in [0.15, 0.2) is 12.1 Å². The Kier molecular flexibility index (Phi) is 4.02. The highest BCUT2D eigenvalue weighted by molar-refractivity contribution is 5.95. The largest absolute Gasteiger partial charge is 0.478 e. The number of rotatable bonds is 4. The van der Waals surface area contributed by atoms with Crippen LogP contribution in [0.3, 0.4) is 0 Å². The smallest absolute Gasteiger partial charge is 0.336 e. The second-order valence-electron chi connectivity index (χ2n) is 5.19. The standard InChI is InChI=1S/C14H15F2N3O2/c1-7(2)4-12-17-13(19(3)18-12)8-5-10(15)11(16)6-9(8)14(20)21/h5-7H,4H2,1-3H3,(H,20,21). The average Bonchev–Trinajstić information content (AvgIpc) is 2.71.